The minimum Gasteiger partial charge on any atom is -0.452 e. The van der Waals surface area contributed by atoms with Gasteiger partial charge in [-0.25, -0.2) is 0 Å². The molecule has 1 aliphatic rings. The van der Waals surface area contributed by atoms with E-state index in [2.05, 4.69) is 9.47 Å². The van der Waals surface area contributed by atoms with Gasteiger partial charge < -0.3 is 14.6 Å². The van der Waals surface area contributed by atoms with E-state index in [1.807, 2.05) is 0 Å². The molecule has 0 aromatic rings. The highest BCUT2D eigenvalue weighted by Gasteiger charge is 2.85. The Hall–Kier alpha value is -1.17. The van der Waals surface area contributed by atoms with Crippen molar-refractivity contribution in [3.63, 3.8) is 0 Å². The zero-order chi connectivity index (χ0) is 21.9. The number of rotatable bonds is 3. The third-order valence-electron chi connectivity index (χ3n) is 4.88. The first kappa shape index (κ1) is 23.9. The maximum Gasteiger partial charge on any atom is 0.449 e. The fourth-order valence-electron chi connectivity index (χ4n) is 2.52. The normalized spacial score (nSPS) is 35.0. The number of carbonyl (C=O) groups is 1. The number of hydrogen-bond donors (Lipinski definition) is 1. The number of alkyl halides is 8. The summed E-state index contributed by atoms with van der Waals surface area (Å²) in [7, 11) is 0. The second kappa shape index (κ2) is 6.16. The van der Waals surface area contributed by atoms with E-state index in [1.54, 1.807) is 0 Å². The van der Waals surface area contributed by atoms with Crippen LogP contribution in [-0.4, -0.2) is 46.3 Å². The molecule has 1 rings (SSSR count). The standard InChI is InChI=1S/C15H20F8O4/c1-6-9(2,3)8(24)26-10(4)7-11(5,14(18,19)20)27-13(25,12(10,16)17)15(21,22)23/h25H,6-7H2,1-5H3. The van der Waals surface area contributed by atoms with Crippen molar-refractivity contribution in [2.75, 3.05) is 0 Å². The second-order valence-electron chi connectivity index (χ2n) is 7.58. The first-order chi connectivity index (χ1) is 11.6. The third-order valence-corrected chi connectivity index (χ3v) is 4.88. The van der Waals surface area contributed by atoms with Crippen LogP contribution in [0.3, 0.4) is 0 Å². The lowest BCUT2D eigenvalue weighted by molar-refractivity contribution is -0.514. The Bertz CT molecular complexity index is 600. The summed E-state index contributed by atoms with van der Waals surface area (Å²) in [5, 5.41) is 9.55. The smallest absolute Gasteiger partial charge is 0.449 e. The van der Waals surface area contributed by atoms with Crippen LogP contribution in [0.2, 0.25) is 0 Å². The Morgan fingerprint density at radius 3 is 1.85 bits per heavy atom. The molecule has 1 heterocycles. The van der Waals surface area contributed by atoms with Gasteiger partial charge >= 0.3 is 30.0 Å². The second-order valence-corrected chi connectivity index (χ2v) is 7.58. The van der Waals surface area contributed by atoms with Crippen molar-refractivity contribution < 1.29 is 54.5 Å². The molecule has 0 spiro atoms. The van der Waals surface area contributed by atoms with Gasteiger partial charge in [-0.1, -0.05) is 6.92 Å². The number of ether oxygens (including phenoxy) is 2. The molecule has 4 nitrogen and oxygen atoms in total. The fourth-order valence-corrected chi connectivity index (χ4v) is 2.52. The Balaban J connectivity index is 3.63. The maximum absolute atomic E-state index is 14.6. The van der Waals surface area contributed by atoms with E-state index in [1.165, 1.54) is 20.8 Å². The van der Waals surface area contributed by atoms with Gasteiger partial charge in [-0.3, -0.25) is 4.79 Å². The quantitative estimate of drug-likeness (QED) is 0.549. The minimum atomic E-state index is -6.32. The average molecular weight is 416 g/mol. The lowest BCUT2D eigenvalue weighted by Gasteiger charge is -2.55. The number of esters is 1. The van der Waals surface area contributed by atoms with E-state index in [0.29, 0.717) is 0 Å². The molecule has 0 aromatic carbocycles. The van der Waals surface area contributed by atoms with Gasteiger partial charge in [0.1, 0.15) is 0 Å². The molecule has 0 aliphatic carbocycles. The molecule has 0 amide bonds. The largest absolute Gasteiger partial charge is 0.452 e. The molecule has 0 bridgehead atoms. The van der Waals surface area contributed by atoms with Crippen LogP contribution < -0.4 is 0 Å². The predicted molar refractivity (Wildman–Crippen MR) is 74.7 cm³/mol. The van der Waals surface area contributed by atoms with Gasteiger partial charge in [-0.2, -0.15) is 35.1 Å². The van der Waals surface area contributed by atoms with Crippen LogP contribution in [0, 0.1) is 5.41 Å². The van der Waals surface area contributed by atoms with Crippen molar-refractivity contribution in [3.05, 3.63) is 0 Å². The zero-order valence-corrected chi connectivity index (χ0v) is 15.1. The lowest BCUT2D eigenvalue weighted by atomic mass is 9.76. The Morgan fingerprint density at radius 2 is 1.52 bits per heavy atom. The van der Waals surface area contributed by atoms with Gasteiger partial charge in [-0.05, 0) is 34.1 Å². The molecule has 3 atom stereocenters. The zero-order valence-electron chi connectivity index (χ0n) is 15.1. The van der Waals surface area contributed by atoms with E-state index < -0.39 is 53.1 Å². The van der Waals surface area contributed by atoms with Crippen LogP contribution in [0.25, 0.3) is 0 Å². The number of hydrogen-bond acceptors (Lipinski definition) is 4. The molecular weight excluding hydrogens is 396 g/mol. The summed E-state index contributed by atoms with van der Waals surface area (Å²) in [6.07, 6.45) is -13.8. The van der Waals surface area contributed by atoms with Crippen molar-refractivity contribution in [2.24, 2.45) is 5.41 Å². The van der Waals surface area contributed by atoms with Crippen LogP contribution in [0.1, 0.15) is 47.5 Å². The van der Waals surface area contributed by atoms with E-state index in [9.17, 15) is 45.0 Å². The summed E-state index contributed by atoms with van der Waals surface area (Å²) >= 11 is 0. The average Bonchev–Trinajstić information content (AvgIpc) is 2.42. The SMILES string of the molecule is CCC(C)(C)C(=O)OC1(C)CC(C)(C(F)(F)F)OC(O)(C(F)(F)F)C1(F)F. The molecule has 1 aliphatic heterocycles. The molecule has 1 fully saturated rings. The summed E-state index contributed by atoms with van der Waals surface area (Å²) < 4.78 is 117. The van der Waals surface area contributed by atoms with E-state index in [4.69, 9.17) is 0 Å². The monoisotopic (exact) mass is 416 g/mol. The van der Waals surface area contributed by atoms with E-state index in [-0.39, 0.29) is 20.3 Å². The molecule has 0 aromatic heterocycles. The highest BCUT2D eigenvalue weighted by atomic mass is 19.4. The van der Waals surface area contributed by atoms with Crippen molar-refractivity contribution in [3.8, 4) is 0 Å². The molecule has 0 radical (unpaired) electrons. The Morgan fingerprint density at radius 1 is 1.07 bits per heavy atom. The summed E-state index contributed by atoms with van der Waals surface area (Å²) in [6.45, 7) is 4.15. The number of carbonyl (C=O) groups excluding carboxylic acids is 1. The van der Waals surface area contributed by atoms with Crippen LogP contribution in [0.4, 0.5) is 35.1 Å². The molecule has 0 saturated carbocycles. The molecule has 27 heavy (non-hydrogen) atoms. The lowest BCUT2D eigenvalue weighted by Crippen LogP contribution is -2.78. The molecule has 1 N–H and O–H groups in total. The summed E-state index contributed by atoms with van der Waals surface area (Å²) in [5.41, 5.74) is -9.00. The number of halogens is 8. The van der Waals surface area contributed by atoms with Gasteiger partial charge in [0, 0.05) is 6.42 Å². The van der Waals surface area contributed by atoms with Crippen molar-refractivity contribution in [1.29, 1.82) is 0 Å². The molecule has 160 valence electrons. The Kier molecular flexibility index (Phi) is 5.45. The first-order valence-corrected chi connectivity index (χ1v) is 7.77. The van der Waals surface area contributed by atoms with E-state index >= 15 is 0 Å². The maximum atomic E-state index is 14.6. The van der Waals surface area contributed by atoms with E-state index in [0.717, 1.165) is 0 Å². The minimum absolute atomic E-state index is 0.00403. The molecule has 3 unspecified atom stereocenters. The third kappa shape index (κ3) is 3.50. The van der Waals surface area contributed by atoms with Gasteiger partial charge in [0.25, 0.3) is 0 Å². The Labute approximate surface area is 149 Å². The van der Waals surface area contributed by atoms with Crippen molar-refractivity contribution >= 4 is 5.97 Å². The summed E-state index contributed by atoms with van der Waals surface area (Å²) in [6, 6.07) is 0. The predicted octanol–water partition coefficient (Wildman–Crippen LogP) is 4.35. The van der Waals surface area contributed by atoms with Gasteiger partial charge in [-0.15, -0.1) is 0 Å². The molecule has 12 heteroatoms. The van der Waals surface area contributed by atoms with Crippen LogP contribution in [0.15, 0.2) is 0 Å². The van der Waals surface area contributed by atoms with Crippen molar-refractivity contribution in [1.82, 2.24) is 0 Å². The fraction of sp³-hybridized carbons (Fsp3) is 0.933. The molecular formula is C15H20F8O4. The highest BCUT2D eigenvalue weighted by Crippen LogP contribution is 2.60. The summed E-state index contributed by atoms with van der Waals surface area (Å²) in [4.78, 5) is 12.1. The topological polar surface area (TPSA) is 55.8 Å². The molecule has 1 saturated heterocycles. The van der Waals surface area contributed by atoms with Gasteiger partial charge in [0.15, 0.2) is 11.2 Å². The van der Waals surface area contributed by atoms with Crippen LogP contribution in [-0.2, 0) is 14.3 Å². The van der Waals surface area contributed by atoms with Gasteiger partial charge in [0.2, 0.25) is 0 Å². The first-order valence-electron chi connectivity index (χ1n) is 7.77. The van der Waals surface area contributed by atoms with Crippen molar-refractivity contribution in [2.45, 2.75) is 82.7 Å². The van der Waals surface area contributed by atoms with Crippen LogP contribution >= 0.6 is 0 Å². The summed E-state index contributed by atoms with van der Waals surface area (Å²) in [5.74, 6) is -12.4. The number of aliphatic hydroxyl groups is 1. The highest BCUT2D eigenvalue weighted by molar-refractivity contribution is 5.76. The van der Waals surface area contributed by atoms with Gasteiger partial charge in [0.05, 0.1) is 5.41 Å². The van der Waals surface area contributed by atoms with Crippen LogP contribution in [0.5, 0.6) is 0 Å².